The molecule has 1 aromatic heterocycles. The highest BCUT2D eigenvalue weighted by Crippen LogP contribution is 2.37. The van der Waals surface area contributed by atoms with Crippen molar-refractivity contribution in [2.75, 3.05) is 27.2 Å². The highest BCUT2D eigenvalue weighted by Gasteiger charge is 2.38. The van der Waals surface area contributed by atoms with E-state index >= 15 is 4.39 Å². The van der Waals surface area contributed by atoms with Crippen molar-refractivity contribution < 1.29 is 4.39 Å². The number of benzene rings is 1. The van der Waals surface area contributed by atoms with Crippen LogP contribution in [-0.4, -0.2) is 41.9 Å². The van der Waals surface area contributed by atoms with Crippen LogP contribution in [0.3, 0.4) is 0 Å². The van der Waals surface area contributed by atoms with E-state index in [0.717, 1.165) is 6.54 Å². The van der Waals surface area contributed by atoms with Crippen molar-refractivity contribution in [2.45, 2.75) is 12.2 Å². The van der Waals surface area contributed by atoms with E-state index in [9.17, 15) is 0 Å². The van der Waals surface area contributed by atoms with E-state index in [1.807, 2.05) is 37.2 Å². The molecular formula is C15H20BrFN4. The molecule has 0 saturated heterocycles. The number of aromatic nitrogens is 2. The molecule has 114 valence electrons. The summed E-state index contributed by atoms with van der Waals surface area (Å²) < 4.78 is 18.0. The van der Waals surface area contributed by atoms with Crippen LogP contribution in [0.5, 0.6) is 0 Å². The Labute approximate surface area is 132 Å². The van der Waals surface area contributed by atoms with E-state index in [4.69, 9.17) is 5.73 Å². The van der Waals surface area contributed by atoms with Crippen LogP contribution in [0.4, 0.5) is 4.39 Å². The van der Waals surface area contributed by atoms with Crippen molar-refractivity contribution in [1.29, 1.82) is 0 Å². The van der Waals surface area contributed by atoms with Crippen LogP contribution in [0.2, 0.25) is 0 Å². The molecule has 0 aliphatic rings. The van der Waals surface area contributed by atoms with Crippen molar-refractivity contribution in [3.8, 4) is 0 Å². The molecule has 1 unspecified atom stereocenters. The van der Waals surface area contributed by atoms with Gasteiger partial charge in [-0.1, -0.05) is 30.3 Å². The fourth-order valence-corrected chi connectivity index (χ4v) is 2.88. The molecular weight excluding hydrogens is 335 g/mol. The standard InChI is InChI=1S/C15H20BrFN4/c1-20(2)8-9-21-14(13(16)10-19-21)15(17,11-18)12-6-4-3-5-7-12/h3-7,10H,8-9,11,18H2,1-2H3. The lowest BCUT2D eigenvalue weighted by Crippen LogP contribution is -2.35. The second-order valence-electron chi connectivity index (χ2n) is 5.24. The van der Waals surface area contributed by atoms with Crippen molar-refractivity contribution in [3.63, 3.8) is 0 Å². The lowest BCUT2D eigenvalue weighted by Gasteiger charge is -2.26. The second kappa shape index (κ2) is 6.68. The first-order valence-electron chi connectivity index (χ1n) is 6.80. The third-order valence-corrected chi connectivity index (χ3v) is 4.02. The third kappa shape index (κ3) is 3.33. The highest BCUT2D eigenvalue weighted by atomic mass is 79.9. The summed E-state index contributed by atoms with van der Waals surface area (Å²) in [6.45, 7) is 1.24. The molecule has 0 aliphatic carbocycles. The predicted molar refractivity (Wildman–Crippen MR) is 85.9 cm³/mol. The zero-order valence-electron chi connectivity index (χ0n) is 12.3. The van der Waals surface area contributed by atoms with Crippen LogP contribution in [0, 0.1) is 0 Å². The second-order valence-corrected chi connectivity index (χ2v) is 6.09. The zero-order chi connectivity index (χ0) is 15.5. The Morgan fingerprint density at radius 1 is 1.33 bits per heavy atom. The SMILES string of the molecule is CN(C)CCn1ncc(Br)c1C(F)(CN)c1ccccc1. The van der Waals surface area contributed by atoms with E-state index in [-0.39, 0.29) is 6.54 Å². The number of likely N-dealkylation sites (N-methyl/N-ethyl adjacent to an activating group) is 1. The molecule has 1 atom stereocenters. The molecule has 2 aromatic rings. The Balaban J connectivity index is 2.45. The molecule has 1 heterocycles. The smallest absolute Gasteiger partial charge is 0.190 e. The van der Waals surface area contributed by atoms with Crippen molar-refractivity contribution >= 4 is 15.9 Å². The molecule has 0 saturated carbocycles. The van der Waals surface area contributed by atoms with Gasteiger partial charge in [0.15, 0.2) is 5.67 Å². The number of hydrogen-bond donors (Lipinski definition) is 1. The minimum atomic E-state index is -1.76. The van der Waals surface area contributed by atoms with Gasteiger partial charge in [-0.2, -0.15) is 5.10 Å². The van der Waals surface area contributed by atoms with Crippen LogP contribution in [-0.2, 0) is 12.2 Å². The van der Waals surface area contributed by atoms with Gasteiger partial charge in [0.25, 0.3) is 0 Å². The number of alkyl halides is 1. The number of nitrogens with two attached hydrogens (primary N) is 1. The van der Waals surface area contributed by atoms with Crippen LogP contribution < -0.4 is 5.73 Å². The quantitative estimate of drug-likeness (QED) is 0.866. The minimum Gasteiger partial charge on any atom is -0.327 e. The molecule has 21 heavy (non-hydrogen) atoms. The fourth-order valence-electron chi connectivity index (χ4n) is 2.27. The molecule has 0 amide bonds. The largest absolute Gasteiger partial charge is 0.327 e. The van der Waals surface area contributed by atoms with E-state index in [1.54, 1.807) is 23.0 Å². The lowest BCUT2D eigenvalue weighted by molar-refractivity contribution is 0.210. The first-order chi connectivity index (χ1) is 9.99. The fraction of sp³-hybridized carbons (Fsp3) is 0.400. The molecule has 0 bridgehead atoms. The molecule has 4 nitrogen and oxygen atoms in total. The van der Waals surface area contributed by atoms with Gasteiger partial charge in [0.2, 0.25) is 0 Å². The Hall–Kier alpha value is -1.24. The Kier molecular flexibility index (Phi) is 5.13. The molecule has 0 radical (unpaired) electrons. The van der Waals surface area contributed by atoms with Gasteiger partial charge in [-0.3, -0.25) is 4.68 Å². The zero-order valence-corrected chi connectivity index (χ0v) is 13.8. The van der Waals surface area contributed by atoms with Gasteiger partial charge in [0.05, 0.1) is 22.9 Å². The topological polar surface area (TPSA) is 47.1 Å². The summed E-state index contributed by atoms with van der Waals surface area (Å²) in [5, 5.41) is 4.27. The van der Waals surface area contributed by atoms with Crippen LogP contribution in [0.25, 0.3) is 0 Å². The molecule has 0 aliphatic heterocycles. The first-order valence-corrected chi connectivity index (χ1v) is 7.59. The lowest BCUT2D eigenvalue weighted by atomic mass is 9.92. The third-order valence-electron chi connectivity index (χ3n) is 3.44. The average molecular weight is 355 g/mol. The molecule has 0 spiro atoms. The molecule has 2 N–H and O–H groups in total. The first kappa shape index (κ1) is 16.1. The number of hydrogen-bond acceptors (Lipinski definition) is 3. The molecule has 2 rings (SSSR count). The summed E-state index contributed by atoms with van der Waals surface area (Å²) in [5.41, 5.74) is 5.03. The van der Waals surface area contributed by atoms with Gasteiger partial charge in [0, 0.05) is 13.1 Å². The van der Waals surface area contributed by atoms with Crippen molar-refractivity contribution in [3.05, 3.63) is 52.3 Å². The number of nitrogens with zero attached hydrogens (tertiary/aromatic N) is 3. The van der Waals surface area contributed by atoms with Gasteiger partial charge in [-0.15, -0.1) is 0 Å². The highest BCUT2D eigenvalue weighted by molar-refractivity contribution is 9.10. The van der Waals surface area contributed by atoms with Gasteiger partial charge >= 0.3 is 0 Å². The van der Waals surface area contributed by atoms with Gasteiger partial charge in [-0.25, -0.2) is 4.39 Å². The maximum absolute atomic E-state index is 15.6. The summed E-state index contributed by atoms with van der Waals surface area (Å²) >= 11 is 3.41. The normalized spacial score (nSPS) is 14.4. The van der Waals surface area contributed by atoms with Crippen LogP contribution in [0.1, 0.15) is 11.3 Å². The van der Waals surface area contributed by atoms with Gasteiger partial charge < -0.3 is 10.6 Å². The summed E-state index contributed by atoms with van der Waals surface area (Å²) in [4.78, 5) is 2.03. The van der Waals surface area contributed by atoms with E-state index in [2.05, 4.69) is 21.0 Å². The number of halogens is 2. The van der Waals surface area contributed by atoms with Crippen LogP contribution >= 0.6 is 15.9 Å². The van der Waals surface area contributed by atoms with Gasteiger partial charge in [-0.05, 0) is 35.6 Å². The van der Waals surface area contributed by atoms with Crippen molar-refractivity contribution in [1.82, 2.24) is 14.7 Å². The van der Waals surface area contributed by atoms with Crippen LogP contribution in [0.15, 0.2) is 41.0 Å². The monoisotopic (exact) mass is 354 g/mol. The Bertz CT molecular complexity index is 585. The summed E-state index contributed by atoms with van der Waals surface area (Å²) in [5.74, 6) is 0. The summed E-state index contributed by atoms with van der Waals surface area (Å²) in [6, 6.07) is 8.99. The van der Waals surface area contributed by atoms with E-state index in [0.29, 0.717) is 22.3 Å². The van der Waals surface area contributed by atoms with E-state index < -0.39 is 5.67 Å². The van der Waals surface area contributed by atoms with Gasteiger partial charge in [0.1, 0.15) is 0 Å². The molecule has 0 fully saturated rings. The maximum Gasteiger partial charge on any atom is 0.190 e. The van der Waals surface area contributed by atoms with Crippen molar-refractivity contribution in [2.24, 2.45) is 5.73 Å². The molecule has 6 heteroatoms. The summed E-state index contributed by atoms with van der Waals surface area (Å²) in [7, 11) is 3.95. The summed E-state index contributed by atoms with van der Waals surface area (Å²) in [6.07, 6.45) is 1.62. The predicted octanol–water partition coefficient (Wildman–Crippen LogP) is 2.38. The molecule has 1 aromatic carbocycles. The Morgan fingerprint density at radius 3 is 2.57 bits per heavy atom. The number of rotatable bonds is 6. The maximum atomic E-state index is 15.6. The average Bonchev–Trinajstić information content (AvgIpc) is 2.87. The minimum absolute atomic E-state index is 0.136. The van der Waals surface area contributed by atoms with E-state index in [1.165, 1.54) is 0 Å². The Morgan fingerprint density at radius 2 is 2.00 bits per heavy atom.